The largest absolute Gasteiger partial charge is 0.480 e. The quantitative estimate of drug-likeness (QED) is 0.452. The molecule has 1 aliphatic carbocycles. The van der Waals surface area contributed by atoms with Crippen LogP contribution in [0.4, 0.5) is 17.6 Å². The molecule has 0 spiro atoms. The van der Waals surface area contributed by atoms with Crippen molar-refractivity contribution >= 4 is 11.7 Å². The number of hydrogen-bond acceptors (Lipinski definition) is 4. The third-order valence-corrected chi connectivity index (χ3v) is 5.11. The van der Waals surface area contributed by atoms with Crippen LogP contribution in [0, 0.1) is 30.3 Å². The smallest absolute Gasteiger partial charge is 0.223 e. The molecule has 0 aromatic heterocycles. The van der Waals surface area contributed by atoms with Gasteiger partial charge in [-0.25, -0.2) is 13.2 Å². The van der Waals surface area contributed by atoms with E-state index in [1.54, 1.807) is 0 Å². The van der Waals surface area contributed by atoms with Crippen molar-refractivity contribution < 1.29 is 31.9 Å². The van der Waals surface area contributed by atoms with Crippen LogP contribution < -0.4 is 15.8 Å². The van der Waals surface area contributed by atoms with Crippen LogP contribution in [0.2, 0.25) is 0 Å². The maximum absolute atomic E-state index is 14.0. The number of ether oxygens (including phenoxy) is 1. The topological polar surface area (TPSA) is 81.4 Å². The zero-order chi connectivity index (χ0) is 21.6. The first-order valence-corrected chi connectivity index (χ1v) is 9.68. The van der Waals surface area contributed by atoms with E-state index in [2.05, 4.69) is 5.32 Å². The zero-order valence-corrected chi connectivity index (χ0v) is 16.3. The van der Waals surface area contributed by atoms with Crippen LogP contribution in [0.25, 0.3) is 0 Å². The van der Waals surface area contributed by atoms with E-state index in [0.717, 1.165) is 12.8 Å². The van der Waals surface area contributed by atoms with E-state index in [4.69, 9.17) is 10.5 Å². The summed E-state index contributed by atoms with van der Waals surface area (Å²) in [6, 6.07) is -0.410. The second-order valence-corrected chi connectivity index (χ2v) is 7.34. The summed E-state index contributed by atoms with van der Waals surface area (Å²) in [4.78, 5) is 24.9. The summed E-state index contributed by atoms with van der Waals surface area (Å²) in [7, 11) is 0. The Kier molecular flexibility index (Phi) is 8.43. The lowest BCUT2D eigenvalue weighted by molar-refractivity contribution is -0.131. The fourth-order valence-corrected chi connectivity index (χ4v) is 3.33. The van der Waals surface area contributed by atoms with E-state index in [1.165, 1.54) is 6.92 Å². The van der Waals surface area contributed by atoms with Gasteiger partial charge in [-0.2, -0.15) is 4.39 Å². The minimum absolute atomic E-state index is 0.0356. The van der Waals surface area contributed by atoms with Crippen molar-refractivity contribution in [1.82, 2.24) is 5.32 Å². The number of aryl methyl sites for hydroxylation is 1. The van der Waals surface area contributed by atoms with Crippen molar-refractivity contribution in [3.8, 4) is 5.75 Å². The summed E-state index contributed by atoms with van der Waals surface area (Å²) in [5.41, 5.74) is 5.06. The molecule has 0 bridgehead atoms. The second-order valence-electron chi connectivity index (χ2n) is 7.34. The molecule has 5 nitrogen and oxygen atoms in total. The first-order valence-electron chi connectivity index (χ1n) is 9.68. The Bertz CT molecular complexity index is 713. The minimum atomic E-state index is -1.54. The fourth-order valence-electron chi connectivity index (χ4n) is 3.33. The molecule has 1 aromatic carbocycles. The molecule has 2 rings (SSSR count). The van der Waals surface area contributed by atoms with Gasteiger partial charge in [0.1, 0.15) is 12.8 Å². The summed E-state index contributed by atoms with van der Waals surface area (Å²) in [5, 5.41) is 2.59. The third-order valence-electron chi connectivity index (χ3n) is 5.11. The molecule has 3 N–H and O–H groups in total. The highest BCUT2D eigenvalue weighted by molar-refractivity contribution is 5.90. The van der Waals surface area contributed by atoms with Crippen molar-refractivity contribution in [2.24, 2.45) is 11.7 Å². The number of rotatable bonds is 10. The Hall–Kier alpha value is -2.16. The lowest BCUT2D eigenvalue weighted by atomic mass is 10.0. The fraction of sp³-hybridized carbons (Fsp3) is 0.600. The molecule has 1 saturated carbocycles. The number of nitrogens with one attached hydrogen (secondary N) is 1. The molecule has 162 valence electrons. The predicted octanol–water partition coefficient (Wildman–Crippen LogP) is 3.11. The summed E-state index contributed by atoms with van der Waals surface area (Å²) in [5.74, 6) is -6.19. The first kappa shape index (κ1) is 23.1. The van der Waals surface area contributed by atoms with Gasteiger partial charge in [-0.15, -0.1) is 0 Å². The summed E-state index contributed by atoms with van der Waals surface area (Å²) < 4.78 is 59.8. The van der Waals surface area contributed by atoms with E-state index in [1.807, 2.05) is 0 Å². The number of carbonyl (C=O) groups is 2. The molecule has 0 radical (unpaired) electrons. The van der Waals surface area contributed by atoms with E-state index in [9.17, 15) is 27.2 Å². The molecular weight excluding hydrogens is 392 g/mol. The van der Waals surface area contributed by atoms with Gasteiger partial charge >= 0.3 is 0 Å². The first-order chi connectivity index (χ1) is 13.7. The van der Waals surface area contributed by atoms with Crippen LogP contribution >= 0.6 is 0 Å². The molecule has 2 unspecified atom stereocenters. The normalized spacial score (nSPS) is 16.5. The van der Waals surface area contributed by atoms with Gasteiger partial charge in [-0.1, -0.05) is 12.8 Å². The van der Waals surface area contributed by atoms with E-state index >= 15 is 0 Å². The Labute approximate surface area is 167 Å². The lowest BCUT2D eigenvalue weighted by Crippen LogP contribution is -2.45. The summed E-state index contributed by atoms with van der Waals surface area (Å²) in [6.07, 6.45) is 1.78. The SMILES string of the molecule is Cc1cc(F)c(F)c(OCC(=O)C(CCC(F)CN)NC(=O)C2CCCC2)c1F. The molecule has 0 aliphatic heterocycles. The number of benzene rings is 1. The Morgan fingerprint density at radius 2 is 1.86 bits per heavy atom. The molecular formula is C20H26F4N2O3. The molecule has 29 heavy (non-hydrogen) atoms. The summed E-state index contributed by atoms with van der Waals surface area (Å²) in [6.45, 7) is 0.199. The maximum atomic E-state index is 14.0. The van der Waals surface area contributed by atoms with Crippen molar-refractivity contribution in [2.45, 2.75) is 57.7 Å². The molecule has 9 heteroatoms. The van der Waals surface area contributed by atoms with Gasteiger partial charge in [0.25, 0.3) is 0 Å². The minimum Gasteiger partial charge on any atom is -0.480 e. The van der Waals surface area contributed by atoms with Crippen LogP contribution in [0.1, 0.15) is 44.1 Å². The number of hydrogen-bond donors (Lipinski definition) is 2. The van der Waals surface area contributed by atoms with Crippen LogP contribution in [0.5, 0.6) is 5.75 Å². The second kappa shape index (κ2) is 10.6. The number of halogens is 4. The molecule has 1 amide bonds. The lowest BCUT2D eigenvalue weighted by Gasteiger charge is -2.21. The Morgan fingerprint density at radius 1 is 1.21 bits per heavy atom. The highest BCUT2D eigenvalue weighted by atomic mass is 19.2. The number of nitrogens with two attached hydrogens (primary N) is 1. The van der Waals surface area contributed by atoms with Crippen LogP contribution in [0.3, 0.4) is 0 Å². The van der Waals surface area contributed by atoms with E-state index < -0.39 is 47.8 Å². The number of carbonyl (C=O) groups excluding carboxylic acids is 2. The van der Waals surface area contributed by atoms with Gasteiger partial charge in [0.15, 0.2) is 23.2 Å². The molecule has 1 aliphatic rings. The molecule has 2 atom stereocenters. The molecule has 1 aromatic rings. The van der Waals surface area contributed by atoms with E-state index in [0.29, 0.717) is 18.9 Å². The van der Waals surface area contributed by atoms with Gasteiger partial charge < -0.3 is 15.8 Å². The Balaban J connectivity index is 2.07. The summed E-state index contributed by atoms with van der Waals surface area (Å²) >= 11 is 0. The van der Waals surface area contributed by atoms with Crippen molar-refractivity contribution in [2.75, 3.05) is 13.2 Å². The standard InChI is InChI=1S/C20H26F4N2O3/c1-11-8-14(22)18(24)19(17(11)23)29-10-16(27)15(7-6-13(21)9-25)26-20(28)12-4-2-3-5-12/h8,12-13,15H,2-7,9-10,25H2,1H3,(H,26,28). The van der Waals surface area contributed by atoms with Gasteiger partial charge in [0, 0.05) is 12.5 Å². The monoisotopic (exact) mass is 418 g/mol. The van der Waals surface area contributed by atoms with Crippen LogP contribution in [-0.4, -0.2) is 37.1 Å². The number of amides is 1. The maximum Gasteiger partial charge on any atom is 0.223 e. The Morgan fingerprint density at radius 3 is 2.48 bits per heavy atom. The van der Waals surface area contributed by atoms with Gasteiger partial charge in [0.05, 0.1) is 6.04 Å². The average molecular weight is 418 g/mol. The zero-order valence-electron chi connectivity index (χ0n) is 16.3. The number of ketones is 1. The van der Waals surface area contributed by atoms with Gasteiger partial charge in [-0.05, 0) is 44.2 Å². The number of alkyl halides is 1. The average Bonchev–Trinajstić information content (AvgIpc) is 3.24. The van der Waals surface area contributed by atoms with Crippen molar-refractivity contribution in [1.29, 1.82) is 0 Å². The van der Waals surface area contributed by atoms with Crippen LogP contribution in [0.15, 0.2) is 6.07 Å². The van der Waals surface area contributed by atoms with Crippen molar-refractivity contribution in [3.05, 3.63) is 29.1 Å². The van der Waals surface area contributed by atoms with Gasteiger partial charge in [0.2, 0.25) is 11.7 Å². The van der Waals surface area contributed by atoms with Crippen molar-refractivity contribution in [3.63, 3.8) is 0 Å². The van der Waals surface area contributed by atoms with Crippen LogP contribution in [-0.2, 0) is 9.59 Å². The predicted molar refractivity (Wildman–Crippen MR) is 98.6 cm³/mol. The van der Waals surface area contributed by atoms with Gasteiger partial charge in [-0.3, -0.25) is 9.59 Å². The third kappa shape index (κ3) is 6.16. The molecule has 0 saturated heterocycles. The highest BCUT2D eigenvalue weighted by Crippen LogP contribution is 2.27. The molecule has 0 heterocycles. The molecule has 1 fully saturated rings. The number of Topliss-reactive ketones (excluding diaryl/α,β-unsaturated/α-hetero) is 1. The highest BCUT2D eigenvalue weighted by Gasteiger charge is 2.29. The van der Waals surface area contributed by atoms with E-state index in [-0.39, 0.29) is 36.8 Å².